The Balaban J connectivity index is 2.11. The number of benzene rings is 1. The van der Waals surface area contributed by atoms with Gasteiger partial charge in [0.25, 0.3) is 5.69 Å². The van der Waals surface area contributed by atoms with Crippen LogP contribution >= 0.6 is 22.6 Å². The van der Waals surface area contributed by atoms with E-state index < -0.39 is 4.92 Å². The quantitative estimate of drug-likeness (QED) is 0.215. The smallest absolute Gasteiger partial charge is 0.287 e. The van der Waals surface area contributed by atoms with E-state index >= 15 is 0 Å². The van der Waals surface area contributed by atoms with Gasteiger partial charge in [0.05, 0.1) is 21.8 Å². The molecule has 0 aliphatic carbocycles. The second kappa shape index (κ2) is 8.97. The largest absolute Gasteiger partial charge is 0.493 e. The van der Waals surface area contributed by atoms with Crippen LogP contribution in [0, 0.1) is 13.7 Å². The highest BCUT2D eigenvalue weighted by atomic mass is 127. The zero-order chi connectivity index (χ0) is 18.2. The maximum Gasteiger partial charge on any atom is 0.287 e. The minimum absolute atomic E-state index is 0.0797. The zero-order valence-electron chi connectivity index (χ0n) is 13.3. The van der Waals surface area contributed by atoms with E-state index in [1.807, 2.05) is 6.07 Å². The summed E-state index contributed by atoms with van der Waals surface area (Å²) in [5, 5.41) is 14.7. The van der Waals surface area contributed by atoms with Crippen molar-refractivity contribution in [2.24, 2.45) is 5.10 Å². The molecule has 9 heteroatoms. The summed E-state index contributed by atoms with van der Waals surface area (Å²) in [5.41, 5.74) is 3.43. The Morgan fingerprint density at radius 2 is 2.28 bits per heavy atom. The van der Waals surface area contributed by atoms with Gasteiger partial charge in [0.1, 0.15) is 18.6 Å². The number of ether oxygens (including phenoxy) is 2. The SMILES string of the molecule is C=CCOc1c(I)cc(/C=N/Nc2ccc([N+](=O)[O-])cn2)cc1OC. The first-order valence-electron chi connectivity index (χ1n) is 7.06. The number of hydrogen-bond acceptors (Lipinski definition) is 7. The van der Waals surface area contributed by atoms with Crippen molar-refractivity contribution in [3.8, 4) is 11.5 Å². The Labute approximate surface area is 157 Å². The molecule has 0 atom stereocenters. The molecule has 0 saturated carbocycles. The number of anilines is 1. The lowest BCUT2D eigenvalue weighted by atomic mass is 10.2. The number of hydrazone groups is 1. The van der Waals surface area contributed by atoms with Crippen LogP contribution in [0.4, 0.5) is 11.5 Å². The Morgan fingerprint density at radius 3 is 2.88 bits per heavy atom. The summed E-state index contributed by atoms with van der Waals surface area (Å²) in [6, 6.07) is 6.50. The molecule has 1 aromatic heterocycles. The van der Waals surface area contributed by atoms with E-state index in [9.17, 15) is 10.1 Å². The first-order valence-corrected chi connectivity index (χ1v) is 8.13. The number of nitrogens with one attached hydrogen (secondary N) is 1. The van der Waals surface area contributed by atoms with Crippen molar-refractivity contribution in [2.75, 3.05) is 19.1 Å². The molecule has 0 aliphatic rings. The molecule has 8 nitrogen and oxygen atoms in total. The fourth-order valence-electron chi connectivity index (χ4n) is 1.83. The minimum atomic E-state index is -0.510. The van der Waals surface area contributed by atoms with E-state index in [1.54, 1.807) is 25.5 Å². The number of nitro groups is 1. The number of halogens is 1. The molecule has 2 aromatic rings. The van der Waals surface area contributed by atoms with Gasteiger partial charge in [-0.2, -0.15) is 5.10 Å². The highest BCUT2D eigenvalue weighted by Crippen LogP contribution is 2.33. The highest BCUT2D eigenvalue weighted by Gasteiger charge is 2.10. The van der Waals surface area contributed by atoms with Crippen molar-refractivity contribution in [1.29, 1.82) is 0 Å². The summed E-state index contributed by atoms with van der Waals surface area (Å²) in [4.78, 5) is 14.0. The number of methoxy groups -OCH3 is 1. The number of hydrogen-bond donors (Lipinski definition) is 1. The first kappa shape index (κ1) is 18.6. The van der Waals surface area contributed by atoms with Crippen LogP contribution in [-0.4, -0.2) is 29.8 Å². The van der Waals surface area contributed by atoms with Gasteiger partial charge >= 0.3 is 0 Å². The molecule has 2 rings (SSSR count). The lowest BCUT2D eigenvalue weighted by Crippen LogP contribution is -2.00. The van der Waals surface area contributed by atoms with Crippen molar-refractivity contribution < 1.29 is 14.4 Å². The average molecular weight is 454 g/mol. The average Bonchev–Trinajstić information content (AvgIpc) is 2.61. The maximum atomic E-state index is 10.6. The summed E-state index contributed by atoms with van der Waals surface area (Å²) >= 11 is 2.15. The van der Waals surface area contributed by atoms with Crippen LogP contribution in [0.3, 0.4) is 0 Å². The predicted octanol–water partition coefficient (Wildman–Crippen LogP) is 3.61. The minimum Gasteiger partial charge on any atom is -0.493 e. The van der Waals surface area contributed by atoms with Gasteiger partial charge in [-0.3, -0.25) is 15.5 Å². The molecule has 1 heterocycles. The molecule has 1 aromatic carbocycles. The predicted molar refractivity (Wildman–Crippen MR) is 104 cm³/mol. The Morgan fingerprint density at radius 1 is 1.48 bits per heavy atom. The lowest BCUT2D eigenvalue weighted by Gasteiger charge is -2.12. The second-order valence-corrected chi connectivity index (χ2v) is 5.82. The third kappa shape index (κ3) is 5.14. The van der Waals surface area contributed by atoms with Crippen molar-refractivity contribution in [2.45, 2.75) is 0 Å². The van der Waals surface area contributed by atoms with E-state index in [4.69, 9.17) is 9.47 Å². The van der Waals surface area contributed by atoms with Crippen LogP contribution in [0.25, 0.3) is 0 Å². The summed E-state index contributed by atoms with van der Waals surface area (Å²) in [6.07, 6.45) is 4.41. The van der Waals surface area contributed by atoms with E-state index in [0.717, 1.165) is 15.3 Å². The molecule has 0 radical (unpaired) electrons. The van der Waals surface area contributed by atoms with E-state index in [0.29, 0.717) is 23.9 Å². The molecule has 0 unspecified atom stereocenters. The molecular formula is C16H15IN4O4. The van der Waals surface area contributed by atoms with Crippen molar-refractivity contribution >= 4 is 40.3 Å². The number of rotatable bonds is 8. The maximum absolute atomic E-state index is 10.6. The standard InChI is InChI=1S/C16H15IN4O4/c1-3-6-25-16-13(17)7-11(8-14(16)24-2)9-19-20-15-5-4-12(10-18-15)21(22)23/h3-5,7-10H,1,6H2,2H3,(H,18,20)/b19-9+. The van der Waals surface area contributed by atoms with E-state index in [2.05, 4.69) is 44.7 Å². The van der Waals surface area contributed by atoms with Gasteiger partial charge in [0.15, 0.2) is 11.5 Å². The zero-order valence-corrected chi connectivity index (χ0v) is 15.5. The normalized spacial score (nSPS) is 10.5. The Bertz CT molecular complexity index is 793. The van der Waals surface area contributed by atoms with Gasteiger partial charge in [-0.25, -0.2) is 4.98 Å². The highest BCUT2D eigenvalue weighted by molar-refractivity contribution is 14.1. The fraction of sp³-hybridized carbons (Fsp3) is 0.125. The summed E-state index contributed by atoms with van der Waals surface area (Å²) in [6.45, 7) is 4.00. The summed E-state index contributed by atoms with van der Waals surface area (Å²) < 4.78 is 11.8. The van der Waals surface area contributed by atoms with Gasteiger partial charge in [0.2, 0.25) is 0 Å². The summed E-state index contributed by atoms with van der Waals surface area (Å²) in [7, 11) is 1.56. The van der Waals surface area contributed by atoms with Gasteiger partial charge in [-0.15, -0.1) is 0 Å². The summed E-state index contributed by atoms with van der Waals surface area (Å²) in [5.74, 6) is 1.63. The fourth-order valence-corrected chi connectivity index (χ4v) is 2.61. The molecule has 1 N–H and O–H groups in total. The van der Waals surface area contributed by atoms with Crippen LogP contribution in [0.15, 0.2) is 48.2 Å². The molecule has 0 fully saturated rings. The van der Waals surface area contributed by atoms with Gasteiger partial charge in [0, 0.05) is 6.07 Å². The van der Waals surface area contributed by atoms with Gasteiger partial charge in [-0.1, -0.05) is 12.7 Å². The number of pyridine rings is 1. The van der Waals surface area contributed by atoms with Crippen LogP contribution in [-0.2, 0) is 0 Å². The Hall–Kier alpha value is -2.69. The Kier molecular flexibility index (Phi) is 6.69. The molecule has 0 bridgehead atoms. The van der Waals surface area contributed by atoms with E-state index in [-0.39, 0.29) is 5.69 Å². The monoisotopic (exact) mass is 454 g/mol. The van der Waals surface area contributed by atoms with Crippen LogP contribution in [0.2, 0.25) is 0 Å². The number of nitrogens with zero attached hydrogens (tertiary/aromatic N) is 3. The van der Waals surface area contributed by atoms with Gasteiger partial charge in [-0.05, 0) is 46.4 Å². The lowest BCUT2D eigenvalue weighted by molar-refractivity contribution is -0.385. The second-order valence-electron chi connectivity index (χ2n) is 4.66. The number of aromatic nitrogens is 1. The third-order valence-electron chi connectivity index (χ3n) is 2.95. The van der Waals surface area contributed by atoms with Crippen molar-refractivity contribution in [1.82, 2.24) is 4.98 Å². The van der Waals surface area contributed by atoms with Crippen LogP contribution in [0.1, 0.15) is 5.56 Å². The molecule has 130 valence electrons. The molecular weight excluding hydrogens is 439 g/mol. The van der Waals surface area contributed by atoms with Gasteiger partial charge < -0.3 is 9.47 Å². The van der Waals surface area contributed by atoms with Crippen molar-refractivity contribution in [3.63, 3.8) is 0 Å². The molecule has 25 heavy (non-hydrogen) atoms. The van der Waals surface area contributed by atoms with Crippen molar-refractivity contribution in [3.05, 3.63) is 62.4 Å². The topological polar surface area (TPSA) is 98.9 Å². The van der Waals surface area contributed by atoms with Crippen LogP contribution in [0.5, 0.6) is 11.5 Å². The van der Waals surface area contributed by atoms with E-state index in [1.165, 1.54) is 12.1 Å². The molecule has 0 spiro atoms. The first-order chi connectivity index (χ1) is 12.0. The third-order valence-corrected chi connectivity index (χ3v) is 3.75. The molecule has 0 aliphatic heterocycles. The molecule has 0 amide bonds. The molecule has 0 saturated heterocycles. The van der Waals surface area contributed by atoms with Crippen LogP contribution < -0.4 is 14.9 Å².